The molecule has 88 valence electrons. The highest BCUT2D eigenvalue weighted by Crippen LogP contribution is 1.99. The third kappa shape index (κ3) is 4.46. The second-order valence-electron chi connectivity index (χ2n) is 4.09. The van der Waals surface area contributed by atoms with Crippen LogP contribution < -0.4 is 5.32 Å². The maximum Gasteiger partial charge on any atom is 0.317 e. The molecular weight excluding hydrogens is 197 g/mol. The molecule has 0 aromatic carbocycles. The zero-order valence-electron chi connectivity index (χ0n) is 9.50. The van der Waals surface area contributed by atoms with E-state index < -0.39 is 6.17 Å². The number of likely N-dealkylation sites (N-methyl/N-ethyl adjacent to an activating group) is 1. The average molecular weight is 217 g/mol. The van der Waals surface area contributed by atoms with E-state index in [0.717, 1.165) is 26.2 Å². The molecule has 1 aliphatic heterocycles. The third-order valence-corrected chi connectivity index (χ3v) is 2.61. The molecule has 0 aliphatic carbocycles. The van der Waals surface area contributed by atoms with Gasteiger partial charge in [0.15, 0.2) is 0 Å². The number of rotatable bonds is 3. The first-order valence-electron chi connectivity index (χ1n) is 5.45. The second-order valence-corrected chi connectivity index (χ2v) is 4.09. The van der Waals surface area contributed by atoms with E-state index in [1.54, 1.807) is 4.90 Å². The van der Waals surface area contributed by atoms with Crippen LogP contribution >= 0.6 is 0 Å². The van der Waals surface area contributed by atoms with Crippen molar-refractivity contribution in [2.24, 2.45) is 0 Å². The summed E-state index contributed by atoms with van der Waals surface area (Å²) in [6.45, 7) is 5.26. The van der Waals surface area contributed by atoms with Gasteiger partial charge in [0, 0.05) is 32.7 Å². The van der Waals surface area contributed by atoms with Crippen molar-refractivity contribution in [2.75, 3.05) is 39.8 Å². The topological polar surface area (TPSA) is 35.6 Å². The van der Waals surface area contributed by atoms with Crippen molar-refractivity contribution in [2.45, 2.75) is 19.5 Å². The van der Waals surface area contributed by atoms with Crippen LogP contribution in [0.1, 0.15) is 13.3 Å². The Kier molecular flexibility index (Phi) is 4.81. The fourth-order valence-electron chi connectivity index (χ4n) is 1.50. The van der Waals surface area contributed by atoms with Crippen molar-refractivity contribution in [3.8, 4) is 0 Å². The van der Waals surface area contributed by atoms with E-state index in [1.807, 2.05) is 7.05 Å². The van der Waals surface area contributed by atoms with E-state index >= 15 is 0 Å². The van der Waals surface area contributed by atoms with Crippen LogP contribution in [0.2, 0.25) is 0 Å². The minimum Gasteiger partial charge on any atom is -0.338 e. The summed E-state index contributed by atoms with van der Waals surface area (Å²) in [6, 6.07) is -0.0660. The van der Waals surface area contributed by atoms with Gasteiger partial charge in [-0.15, -0.1) is 0 Å². The fourth-order valence-corrected chi connectivity index (χ4v) is 1.50. The number of hydrogen-bond donors (Lipinski definition) is 1. The Balaban J connectivity index is 2.17. The Morgan fingerprint density at radius 3 is 2.53 bits per heavy atom. The summed E-state index contributed by atoms with van der Waals surface area (Å²) < 4.78 is 12.5. The molecular formula is C10H20FN3O. The largest absolute Gasteiger partial charge is 0.338 e. The first-order valence-corrected chi connectivity index (χ1v) is 5.45. The zero-order chi connectivity index (χ0) is 11.3. The molecule has 0 spiro atoms. The SMILES string of the molecule is CC(F)CCNC(=O)N1CCN(C)CC1. The van der Waals surface area contributed by atoms with Crippen LogP contribution in [0.15, 0.2) is 0 Å². The monoisotopic (exact) mass is 217 g/mol. The van der Waals surface area contributed by atoms with Crippen LogP contribution in [0.25, 0.3) is 0 Å². The van der Waals surface area contributed by atoms with Crippen molar-refractivity contribution >= 4 is 6.03 Å². The molecule has 1 atom stereocenters. The Bertz CT molecular complexity index is 203. The summed E-state index contributed by atoms with van der Waals surface area (Å²) in [5.74, 6) is 0. The van der Waals surface area contributed by atoms with Crippen LogP contribution in [0.4, 0.5) is 9.18 Å². The first kappa shape index (κ1) is 12.2. The maximum absolute atomic E-state index is 12.5. The van der Waals surface area contributed by atoms with E-state index in [9.17, 15) is 9.18 Å². The van der Waals surface area contributed by atoms with Gasteiger partial charge in [-0.25, -0.2) is 9.18 Å². The summed E-state index contributed by atoms with van der Waals surface area (Å²) in [5, 5.41) is 2.73. The quantitative estimate of drug-likeness (QED) is 0.755. The molecule has 1 aliphatic rings. The fraction of sp³-hybridized carbons (Fsp3) is 0.900. The highest BCUT2D eigenvalue weighted by Gasteiger charge is 2.18. The Morgan fingerprint density at radius 1 is 1.40 bits per heavy atom. The van der Waals surface area contributed by atoms with Crippen molar-refractivity contribution in [1.29, 1.82) is 0 Å². The van der Waals surface area contributed by atoms with E-state index in [4.69, 9.17) is 0 Å². The molecule has 2 amide bonds. The van der Waals surface area contributed by atoms with Gasteiger partial charge in [0.1, 0.15) is 0 Å². The lowest BCUT2D eigenvalue weighted by atomic mass is 10.3. The van der Waals surface area contributed by atoms with E-state index in [2.05, 4.69) is 10.2 Å². The van der Waals surface area contributed by atoms with Crippen LogP contribution in [-0.4, -0.2) is 61.8 Å². The lowest BCUT2D eigenvalue weighted by Gasteiger charge is -2.32. The number of carbonyl (C=O) groups excluding carboxylic acids is 1. The van der Waals surface area contributed by atoms with Gasteiger partial charge in [-0.2, -0.15) is 0 Å². The number of nitrogens with zero attached hydrogens (tertiary/aromatic N) is 2. The van der Waals surface area contributed by atoms with Gasteiger partial charge in [0.05, 0.1) is 6.17 Å². The molecule has 5 heteroatoms. The van der Waals surface area contributed by atoms with Gasteiger partial charge < -0.3 is 15.1 Å². The summed E-state index contributed by atoms with van der Waals surface area (Å²) in [5.41, 5.74) is 0. The van der Waals surface area contributed by atoms with Crippen molar-refractivity contribution < 1.29 is 9.18 Å². The van der Waals surface area contributed by atoms with Gasteiger partial charge in [-0.05, 0) is 20.4 Å². The van der Waals surface area contributed by atoms with Gasteiger partial charge in [-0.1, -0.05) is 0 Å². The molecule has 4 nitrogen and oxygen atoms in total. The molecule has 0 bridgehead atoms. The highest BCUT2D eigenvalue weighted by atomic mass is 19.1. The van der Waals surface area contributed by atoms with Crippen LogP contribution in [0.5, 0.6) is 0 Å². The average Bonchev–Trinajstić information content (AvgIpc) is 2.18. The van der Waals surface area contributed by atoms with E-state index in [-0.39, 0.29) is 6.03 Å². The van der Waals surface area contributed by atoms with Gasteiger partial charge in [0.25, 0.3) is 0 Å². The second kappa shape index (κ2) is 5.90. The number of piperazine rings is 1. The predicted molar refractivity (Wildman–Crippen MR) is 57.7 cm³/mol. The van der Waals surface area contributed by atoms with Crippen LogP contribution in [0, 0.1) is 0 Å². The molecule has 1 fully saturated rings. The molecule has 15 heavy (non-hydrogen) atoms. The van der Waals surface area contributed by atoms with Crippen molar-refractivity contribution in [3.05, 3.63) is 0 Å². The molecule has 1 N–H and O–H groups in total. The molecule has 0 saturated carbocycles. The Morgan fingerprint density at radius 2 is 2.00 bits per heavy atom. The highest BCUT2D eigenvalue weighted by molar-refractivity contribution is 5.74. The molecule has 0 aromatic heterocycles. The summed E-state index contributed by atoms with van der Waals surface area (Å²) >= 11 is 0. The normalized spacial score (nSPS) is 20.1. The molecule has 1 saturated heterocycles. The smallest absolute Gasteiger partial charge is 0.317 e. The van der Waals surface area contributed by atoms with Gasteiger partial charge >= 0.3 is 6.03 Å². The van der Waals surface area contributed by atoms with Gasteiger partial charge in [-0.3, -0.25) is 0 Å². The van der Waals surface area contributed by atoms with E-state index in [1.165, 1.54) is 6.92 Å². The minimum absolute atomic E-state index is 0.0660. The summed E-state index contributed by atoms with van der Waals surface area (Å²) in [4.78, 5) is 15.5. The molecule has 0 aromatic rings. The summed E-state index contributed by atoms with van der Waals surface area (Å²) in [6.07, 6.45) is -0.461. The molecule has 1 unspecified atom stereocenters. The standard InChI is InChI=1S/C10H20FN3O/c1-9(11)3-4-12-10(15)14-7-5-13(2)6-8-14/h9H,3-8H2,1-2H3,(H,12,15). The number of alkyl halides is 1. The van der Waals surface area contributed by atoms with Gasteiger partial charge in [0.2, 0.25) is 0 Å². The van der Waals surface area contributed by atoms with Crippen molar-refractivity contribution in [1.82, 2.24) is 15.1 Å². The number of amides is 2. The molecule has 1 heterocycles. The zero-order valence-corrected chi connectivity index (χ0v) is 9.50. The lowest BCUT2D eigenvalue weighted by molar-refractivity contribution is 0.154. The third-order valence-electron chi connectivity index (χ3n) is 2.61. The van der Waals surface area contributed by atoms with Crippen LogP contribution in [-0.2, 0) is 0 Å². The lowest BCUT2D eigenvalue weighted by Crippen LogP contribution is -2.50. The first-order chi connectivity index (χ1) is 7.09. The Hall–Kier alpha value is -0.840. The maximum atomic E-state index is 12.5. The number of halogens is 1. The molecule has 0 radical (unpaired) electrons. The van der Waals surface area contributed by atoms with Crippen molar-refractivity contribution in [3.63, 3.8) is 0 Å². The number of hydrogen-bond acceptors (Lipinski definition) is 2. The van der Waals surface area contributed by atoms with Crippen LogP contribution in [0.3, 0.4) is 0 Å². The molecule has 1 rings (SSSR count). The minimum atomic E-state index is -0.849. The number of nitrogens with one attached hydrogen (secondary N) is 1. The number of carbonyl (C=O) groups is 1. The number of urea groups is 1. The Labute approximate surface area is 90.4 Å². The summed E-state index contributed by atoms with van der Waals surface area (Å²) in [7, 11) is 2.04. The van der Waals surface area contributed by atoms with E-state index in [0.29, 0.717) is 13.0 Å². The predicted octanol–water partition coefficient (Wildman–Crippen LogP) is 0.692.